The van der Waals surface area contributed by atoms with Crippen LogP contribution in [0, 0.1) is 0 Å². The second kappa shape index (κ2) is 10.1. The normalized spacial score (nSPS) is 12.0. The van der Waals surface area contributed by atoms with Gasteiger partial charge in [-0.1, -0.05) is 38.1 Å². The van der Waals surface area contributed by atoms with E-state index in [0.717, 1.165) is 5.56 Å². The first-order valence-corrected chi connectivity index (χ1v) is 9.84. The van der Waals surface area contributed by atoms with Crippen LogP contribution >= 0.6 is 11.3 Å². The largest absolute Gasteiger partial charge is 0.354 e. The zero-order valence-electron chi connectivity index (χ0n) is 15.3. The van der Waals surface area contributed by atoms with Crippen molar-refractivity contribution < 1.29 is 9.59 Å². The lowest BCUT2D eigenvalue weighted by atomic mass is 9.99. The van der Waals surface area contributed by atoms with Gasteiger partial charge in [-0.3, -0.25) is 9.59 Å². The average Bonchev–Trinajstić information content (AvgIpc) is 3.18. The van der Waals surface area contributed by atoms with Gasteiger partial charge in [0, 0.05) is 36.5 Å². The van der Waals surface area contributed by atoms with Crippen molar-refractivity contribution >= 4 is 23.2 Å². The van der Waals surface area contributed by atoms with E-state index >= 15 is 0 Å². The van der Waals surface area contributed by atoms with Crippen molar-refractivity contribution in [2.24, 2.45) is 5.73 Å². The van der Waals surface area contributed by atoms with E-state index in [1.54, 1.807) is 11.4 Å². The summed E-state index contributed by atoms with van der Waals surface area (Å²) in [5.41, 5.74) is 9.09. The topological polar surface area (TPSA) is 84.2 Å². The highest BCUT2D eigenvalue weighted by Gasteiger charge is 2.10. The molecule has 140 valence electrons. The maximum absolute atomic E-state index is 11.9. The van der Waals surface area contributed by atoms with E-state index < -0.39 is 0 Å². The molecule has 5 nitrogen and oxygen atoms in total. The van der Waals surface area contributed by atoms with Gasteiger partial charge in [0.05, 0.1) is 0 Å². The maximum atomic E-state index is 11.9. The highest BCUT2D eigenvalue weighted by Crippen LogP contribution is 2.17. The number of hydrogen-bond acceptors (Lipinski definition) is 4. The van der Waals surface area contributed by atoms with Crippen molar-refractivity contribution in [3.8, 4) is 0 Å². The molecule has 2 rings (SSSR count). The predicted octanol–water partition coefficient (Wildman–Crippen LogP) is 3.20. The van der Waals surface area contributed by atoms with Crippen LogP contribution in [0.2, 0.25) is 0 Å². The number of carbonyl (C=O) groups is 2. The lowest BCUT2D eigenvalue weighted by Crippen LogP contribution is -2.32. The zero-order valence-corrected chi connectivity index (χ0v) is 16.1. The SMILES string of the molecule is CC(C)c1ccc(C(N)CNC(=O)CCCNC(=O)c2ccsc2)cc1. The number of carbonyl (C=O) groups excluding carboxylic acids is 2. The summed E-state index contributed by atoms with van der Waals surface area (Å²) in [6.45, 7) is 5.18. The van der Waals surface area contributed by atoms with Gasteiger partial charge in [-0.2, -0.15) is 11.3 Å². The van der Waals surface area contributed by atoms with Crippen molar-refractivity contribution in [2.75, 3.05) is 13.1 Å². The molecule has 1 aromatic carbocycles. The Balaban J connectivity index is 1.64. The van der Waals surface area contributed by atoms with E-state index in [0.29, 0.717) is 37.4 Å². The molecular formula is C20H27N3O2S. The summed E-state index contributed by atoms with van der Waals surface area (Å²) < 4.78 is 0. The molecule has 1 unspecified atom stereocenters. The molecule has 2 amide bonds. The van der Waals surface area contributed by atoms with Gasteiger partial charge in [-0.25, -0.2) is 0 Å². The lowest BCUT2D eigenvalue weighted by Gasteiger charge is -2.14. The number of amides is 2. The molecule has 0 aliphatic heterocycles. The van der Waals surface area contributed by atoms with Crippen LogP contribution in [0.3, 0.4) is 0 Å². The van der Waals surface area contributed by atoms with Crippen molar-refractivity contribution in [3.63, 3.8) is 0 Å². The van der Waals surface area contributed by atoms with Crippen molar-refractivity contribution in [2.45, 2.75) is 38.6 Å². The minimum atomic E-state index is -0.224. The summed E-state index contributed by atoms with van der Waals surface area (Å²) in [7, 11) is 0. The van der Waals surface area contributed by atoms with Gasteiger partial charge in [0.1, 0.15) is 0 Å². The molecule has 2 aromatic rings. The minimum absolute atomic E-state index is 0.0518. The Hall–Kier alpha value is -2.18. The van der Waals surface area contributed by atoms with E-state index in [2.05, 4.69) is 36.6 Å². The lowest BCUT2D eigenvalue weighted by molar-refractivity contribution is -0.121. The van der Waals surface area contributed by atoms with Crippen LogP contribution in [0.4, 0.5) is 0 Å². The Labute approximate surface area is 159 Å². The summed E-state index contributed by atoms with van der Waals surface area (Å²) in [5, 5.41) is 9.33. The highest BCUT2D eigenvalue weighted by atomic mass is 32.1. The van der Waals surface area contributed by atoms with Crippen LogP contribution in [0.15, 0.2) is 41.1 Å². The van der Waals surface area contributed by atoms with Gasteiger partial charge < -0.3 is 16.4 Å². The monoisotopic (exact) mass is 373 g/mol. The molecule has 1 atom stereocenters. The zero-order chi connectivity index (χ0) is 18.9. The predicted molar refractivity (Wildman–Crippen MR) is 106 cm³/mol. The summed E-state index contributed by atoms with van der Waals surface area (Å²) in [5.74, 6) is 0.336. The van der Waals surface area contributed by atoms with Crippen LogP contribution in [-0.4, -0.2) is 24.9 Å². The fraction of sp³-hybridized carbons (Fsp3) is 0.400. The first kappa shape index (κ1) is 20.1. The van der Waals surface area contributed by atoms with Crippen LogP contribution < -0.4 is 16.4 Å². The molecule has 0 saturated heterocycles. The Morgan fingerprint density at radius 1 is 1.08 bits per heavy atom. The van der Waals surface area contributed by atoms with Crippen LogP contribution in [0.5, 0.6) is 0 Å². The maximum Gasteiger partial charge on any atom is 0.252 e. The number of nitrogens with two attached hydrogens (primary N) is 1. The smallest absolute Gasteiger partial charge is 0.252 e. The van der Waals surface area contributed by atoms with E-state index in [4.69, 9.17) is 5.73 Å². The molecule has 0 spiro atoms. The Morgan fingerprint density at radius 3 is 2.38 bits per heavy atom. The number of benzene rings is 1. The second-order valence-electron chi connectivity index (χ2n) is 6.60. The third-order valence-corrected chi connectivity index (χ3v) is 4.88. The second-order valence-corrected chi connectivity index (χ2v) is 7.38. The molecule has 26 heavy (non-hydrogen) atoms. The van der Waals surface area contributed by atoms with Gasteiger partial charge in [0.2, 0.25) is 5.91 Å². The molecule has 6 heteroatoms. The van der Waals surface area contributed by atoms with Gasteiger partial charge in [-0.15, -0.1) is 0 Å². The molecule has 0 aliphatic rings. The first-order chi connectivity index (χ1) is 12.5. The summed E-state index contributed by atoms with van der Waals surface area (Å²) in [4.78, 5) is 23.7. The third kappa shape index (κ3) is 6.28. The Kier molecular flexibility index (Phi) is 7.81. The van der Waals surface area contributed by atoms with Crippen molar-refractivity contribution in [1.82, 2.24) is 10.6 Å². The fourth-order valence-corrected chi connectivity index (χ4v) is 3.14. The van der Waals surface area contributed by atoms with Crippen LogP contribution in [0.25, 0.3) is 0 Å². The standard InChI is InChI=1S/C20H27N3O2S/c1-14(2)15-5-7-16(8-6-15)18(21)12-23-19(24)4-3-10-22-20(25)17-9-11-26-13-17/h5-9,11,13-14,18H,3-4,10,12,21H2,1-2H3,(H,22,25)(H,23,24). The molecule has 1 heterocycles. The Morgan fingerprint density at radius 2 is 1.77 bits per heavy atom. The third-order valence-electron chi connectivity index (χ3n) is 4.20. The van der Waals surface area contributed by atoms with Gasteiger partial charge in [0.15, 0.2) is 0 Å². The van der Waals surface area contributed by atoms with Gasteiger partial charge in [-0.05, 0) is 34.9 Å². The number of rotatable bonds is 9. The van der Waals surface area contributed by atoms with E-state index in [-0.39, 0.29) is 17.9 Å². The van der Waals surface area contributed by atoms with Crippen molar-refractivity contribution in [3.05, 3.63) is 57.8 Å². The van der Waals surface area contributed by atoms with Crippen molar-refractivity contribution in [1.29, 1.82) is 0 Å². The molecule has 0 aliphatic carbocycles. The quantitative estimate of drug-likeness (QED) is 0.590. The molecule has 4 N–H and O–H groups in total. The molecule has 0 saturated carbocycles. The highest BCUT2D eigenvalue weighted by molar-refractivity contribution is 7.08. The summed E-state index contributed by atoms with van der Waals surface area (Å²) in [6, 6.07) is 9.76. The number of nitrogens with one attached hydrogen (secondary N) is 2. The number of thiophene rings is 1. The van der Waals surface area contributed by atoms with E-state index in [1.165, 1.54) is 16.9 Å². The van der Waals surface area contributed by atoms with Crippen LogP contribution in [-0.2, 0) is 4.79 Å². The number of hydrogen-bond donors (Lipinski definition) is 3. The van der Waals surface area contributed by atoms with Gasteiger partial charge >= 0.3 is 0 Å². The molecule has 0 radical (unpaired) electrons. The van der Waals surface area contributed by atoms with Gasteiger partial charge in [0.25, 0.3) is 5.91 Å². The first-order valence-electron chi connectivity index (χ1n) is 8.90. The van der Waals surface area contributed by atoms with E-state index in [1.807, 2.05) is 17.5 Å². The summed E-state index contributed by atoms with van der Waals surface area (Å²) >= 11 is 1.48. The fourth-order valence-electron chi connectivity index (χ4n) is 2.50. The van der Waals surface area contributed by atoms with E-state index in [9.17, 15) is 9.59 Å². The molecule has 0 fully saturated rings. The Bertz CT molecular complexity index is 696. The molecule has 0 bridgehead atoms. The minimum Gasteiger partial charge on any atom is -0.354 e. The van der Waals surface area contributed by atoms with Crippen LogP contribution in [0.1, 0.15) is 60.1 Å². The average molecular weight is 374 g/mol. The molecular weight excluding hydrogens is 346 g/mol. The summed E-state index contributed by atoms with van der Waals surface area (Å²) in [6.07, 6.45) is 0.961. The molecule has 1 aromatic heterocycles.